The molecule has 1 saturated heterocycles. The highest BCUT2D eigenvalue weighted by Gasteiger charge is 2.20. The van der Waals surface area contributed by atoms with Gasteiger partial charge in [-0.3, -0.25) is 0 Å². The molecule has 88 valence electrons. The van der Waals surface area contributed by atoms with E-state index in [-0.39, 0.29) is 0 Å². The fourth-order valence-corrected chi connectivity index (χ4v) is 2.29. The number of likely N-dealkylation sites (tertiary alicyclic amines) is 1. The molecule has 15 heavy (non-hydrogen) atoms. The van der Waals surface area contributed by atoms with Gasteiger partial charge in [-0.25, -0.2) is 0 Å². The lowest BCUT2D eigenvalue weighted by Gasteiger charge is -2.34. The largest absolute Gasteiger partial charge is 0.384 e. The molecule has 0 atom stereocenters. The van der Waals surface area contributed by atoms with E-state index >= 15 is 0 Å². The fraction of sp³-hybridized carbons (Fsp3) is 0.909. The van der Waals surface area contributed by atoms with Crippen LogP contribution in [-0.4, -0.2) is 42.9 Å². The first kappa shape index (κ1) is 12.7. The maximum Gasteiger partial charge on any atom is 0.169 e. The first-order valence-corrected chi connectivity index (χ1v) is 6.08. The van der Waals surface area contributed by atoms with Crippen LogP contribution in [0.2, 0.25) is 0 Å². The van der Waals surface area contributed by atoms with Crippen LogP contribution < -0.4 is 5.32 Å². The molecule has 0 aromatic carbocycles. The van der Waals surface area contributed by atoms with Gasteiger partial charge < -0.3 is 15.0 Å². The van der Waals surface area contributed by atoms with Gasteiger partial charge in [0.1, 0.15) is 0 Å². The summed E-state index contributed by atoms with van der Waals surface area (Å²) in [4.78, 5) is 2.27. The maximum absolute atomic E-state index is 5.34. The van der Waals surface area contributed by atoms with E-state index in [2.05, 4.69) is 24.1 Å². The van der Waals surface area contributed by atoms with Crippen LogP contribution >= 0.6 is 12.2 Å². The van der Waals surface area contributed by atoms with Crippen LogP contribution in [0.4, 0.5) is 0 Å². The predicted octanol–water partition coefficient (Wildman–Crippen LogP) is 1.63. The minimum Gasteiger partial charge on any atom is -0.384 e. The highest BCUT2D eigenvalue weighted by Crippen LogP contribution is 2.17. The Morgan fingerprint density at radius 1 is 1.47 bits per heavy atom. The monoisotopic (exact) mass is 230 g/mol. The molecule has 4 heteroatoms. The Hall–Kier alpha value is -0.350. The van der Waals surface area contributed by atoms with Gasteiger partial charge in [0.2, 0.25) is 0 Å². The summed E-state index contributed by atoms with van der Waals surface area (Å²) in [5.41, 5.74) is 0. The number of ether oxygens (including phenoxy) is 1. The molecule has 1 N–H and O–H groups in total. The van der Waals surface area contributed by atoms with Gasteiger partial charge in [-0.05, 0) is 44.8 Å². The van der Waals surface area contributed by atoms with E-state index in [9.17, 15) is 0 Å². The van der Waals surface area contributed by atoms with E-state index < -0.39 is 0 Å². The summed E-state index contributed by atoms with van der Waals surface area (Å²) in [6.07, 6.45) is 2.38. The van der Waals surface area contributed by atoms with E-state index in [4.69, 9.17) is 17.0 Å². The zero-order chi connectivity index (χ0) is 11.3. The van der Waals surface area contributed by atoms with Gasteiger partial charge in [-0.15, -0.1) is 0 Å². The SMILES string of the molecule is COCC1CCN(C(=S)NC(C)C)CC1. The molecule has 0 bridgehead atoms. The summed E-state index contributed by atoms with van der Waals surface area (Å²) in [5, 5.41) is 4.19. The van der Waals surface area contributed by atoms with E-state index in [0.29, 0.717) is 12.0 Å². The van der Waals surface area contributed by atoms with Gasteiger partial charge in [0.25, 0.3) is 0 Å². The third kappa shape index (κ3) is 4.34. The number of rotatable bonds is 3. The van der Waals surface area contributed by atoms with Gasteiger partial charge in [-0.2, -0.15) is 0 Å². The van der Waals surface area contributed by atoms with Crippen LogP contribution in [0, 0.1) is 5.92 Å². The van der Waals surface area contributed by atoms with Crippen LogP contribution in [0.1, 0.15) is 26.7 Å². The summed E-state index contributed by atoms with van der Waals surface area (Å²) in [6.45, 7) is 7.24. The van der Waals surface area contributed by atoms with Gasteiger partial charge >= 0.3 is 0 Å². The molecule has 1 heterocycles. The van der Waals surface area contributed by atoms with Gasteiger partial charge in [-0.1, -0.05) is 0 Å². The number of nitrogens with zero attached hydrogens (tertiary/aromatic N) is 1. The Labute approximate surface area is 98.2 Å². The van der Waals surface area contributed by atoms with Crippen molar-refractivity contribution in [2.24, 2.45) is 5.92 Å². The minimum atomic E-state index is 0.425. The number of methoxy groups -OCH3 is 1. The van der Waals surface area contributed by atoms with Crippen molar-refractivity contribution in [2.75, 3.05) is 26.8 Å². The molecule has 3 nitrogen and oxygen atoms in total. The number of nitrogens with one attached hydrogen (secondary N) is 1. The Morgan fingerprint density at radius 3 is 2.53 bits per heavy atom. The molecule has 0 radical (unpaired) electrons. The lowest BCUT2D eigenvalue weighted by molar-refractivity contribution is 0.119. The van der Waals surface area contributed by atoms with E-state index in [1.807, 2.05) is 0 Å². The van der Waals surface area contributed by atoms with Crippen molar-refractivity contribution < 1.29 is 4.74 Å². The molecule has 0 aliphatic carbocycles. The van der Waals surface area contributed by atoms with Crippen molar-refractivity contribution in [3.05, 3.63) is 0 Å². The quantitative estimate of drug-likeness (QED) is 0.745. The summed E-state index contributed by atoms with van der Waals surface area (Å²) >= 11 is 5.34. The molecule has 1 fully saturated rings. The number of piperidine rings is 1. The second kappa shape index (κ2) is 6.28. The van der Waals surface area contributed by atoms with Crippen LogP contribution in [0.15, 0.2) is 0 Å². The smallest absolute Gasteiger partial charge is 0.169 e. The number of thiocarbonyl (C=S) groups is 1. The van der Waals surface area contributed by atoms with Gasteiger partial charge in [0.15, 0.2) is 5.11 Å². The normalized spacial score (nSPS) is 18.3. The van der Waals surface area contributed by atoms with Crippen LogP contribution in [0.5, 0.6) is 0 Å². The third-order valence-electron chi connectivity index (χ3n) is 2.72. The highest BCUT2D eigenvalue weighted by molar-refractivity contribution is 7.80. The van der Waals surface area contributed by atoms with Crippen LogP contribution in [0.25, 0.3) is 0 Å². The molecular weight excluding hydrogens is 208 g/mol. The summed E-state index contributed by atoms with van der Waals surface area (Å²) in [7, 11) is 1.78. The van der Waals surface area contributed by atoms with Crippen molar-refractivity contribution >= 4 is 17.3 Å². The Bertz CT molecular complexity index is 201. The molecule has 0 spiro atoms. The molecular formula is C11H22N2OS. The number of hydrogen-bond acceptors (Lipinski definition) is 2. The highest BCUT2D eigenvalue weighted by atomic mass is 32.1. The first-order valence-electron chi connectivity index (χ1n) is 5.68. The molecule has 0 aromatic heterocycles. The van der Waals surface area contributed by atoms with Gasteiger partial charge in [0, 0.05) is 32.8 Å². The van der Waals surface area contributed by atoms with Crippen LogP contribution in [-0.2, 0) is 4.74 Å². The lowest BCUT2D eigenvalue weighted by atomic mass is 9.98. The maximum atomic E-state index is 5.34. The molecule has 0 amide bonds. The van der Waals surface area contributed by atoms with Crippen molar-refractivity contribution in [1.29, 1.82) is 0 Å². The van der Waals surface area contributed by atoms with Crippen molar-refractivity contribution in [1.82, 2.24) is 10.2 Å². The second-order valence-electron chi connectivity index (χ2n) is 4.49. The van der Waals surface area contributed by atoms with E-state index in [0.717, 1.165) is 24.8 Å². The van der Waals surface area contributed by atoms with Gasteiger partial charge in [0.05, 0.1) is 0 Å². The van der Waals surface area contributed by atoms with E-state index in [1.165, 1.54) is 12.8 Å². The Morgan fingerprint density at radius 2 is 2.07 bits per heavy atom. The molecule has 0 aromatic rings. The zero-order valence-corrected chi connectivity index (χ0v) is 10.8. The summed E-state index contributed by atoms with van der Waals surface area (Å²) < 4.78 is 5.17. The zero-order valence-electron chi connectivity index (χ0n) is 9.95. The number of hydrogen-bond donors (Lipinski definition) is 1. The van der Waals surface area contributed by atoms with E-state index in [1.54, 1.807) is 7.11 Å². The fourth-order valence-electron chi connectivity index (χ4n) is 1.88. The van der Waals surface area contributed by atoms with Crippen LogP contribution in [0.3, 0.4) is 0 Å². The standard InChI is InChI=1S/C11H22N2OS/c1-9(2)12-11(15)13-6-4-10(5-7-13)8-14-3/h9-10H,4-8H2,1-3H3,(H,12,15). The minimum absolute atomic E-state index is 0.425. The molecule has 1 aliphatic heterocycles. The lowest BCUT2D eigenvalue weighted by Crippen LogP contribution is -2.46. The average molecular weight is 230 g/mol. The summed E-state index contributed by atoms with van der Waals surface area (Å²) in [5.74, 6) is 0.716. The second-order valence-corrected chi connectivity index (χ2v) is 4.88. The Balaban J connectivity index is 2.27. The molecule has 0 unspecified atom stereocenters. The summed E-state index contributed by atoms with van der Waals surface area (Å²) in [6, 6.07) is 0.425. The Kier molecular flexibility index (Phi) is 5.32. The molecule has 0 saturated carbocycles. The first-order chi connectivity index (χ1) is 7.13. The molecule has 1 aliphatic rings. The third-order valence-corrected chi connectivity index (χ3v) is 3.09. The topological polar surface area (TPSA) is 24.5 Å². The van der Waals surface area contributed by atoms with Crippen molar-refractivity contribution in [2.45, 2.75) is 32.7 Å². The molecule has 1 rings (SSSR count). The van der Waals surface area contributed by atoms with Crippen molar-refractivity contribution in [3.63, 3.8) is 0 Å². The average Bonchev–Trinajstić information content (AvgIpc) is 2.18. The predicted molar refractivity (Wildman–Crippen MR) is 67.0 cm³/mol. The van der Waals surface area contributed by atoms with Crippen molar-refractivity contribution in [3.8, 4) is 0 Å².